The van der Waals surface area contributed by atoms with E-state index in [0.717, 1.165) is 22.3 Å². The lowest BCUT2D eigenvalue weighted by molar-refractivity contribution is -0.140. The van der Waals surface area contributed by atoms with Crippen LogP contribution < -0.4 is 5.32 Å². The molecule has 3 rings (SSSR count). The fourth-order valence-electron chi connectivity index (χ4n) is 2.89. The van der Waals surface area contributed by atoms with Gasteiger partial charge in [-0.3, -0.25) is 15.1 Å². The summed E-state index contributed by atoms with van der Waals surface area (Å²) in [7, 11) is 1.34. The first-order valence-corrected chi connectivity index (χ1v) is 8.44. The molecule has 2 aromatic rings. The number of guanidine groups is 1. The van der Waals surface area contributed by atoms with Crippen molar-refractivity contribution in [2.24, 2.45) is 0 Å². The molecule has 27 heavy (non-hydrogen) atoms. The van der Waals surface area contributed by atoms with Gasteiger partial charge in [-0.15, -0.1) is 11.3 Å². The summed E-state index contributed by atoms with van der Waals surface area (Å²) in [6.07, 6.45) is -4.84. The monoisotopic (exact) mass is 396 g/mol. The van der Waals surface area contributed by atoms with Gasteiger partial charge in [0.25, 0.3) is 0 Å². The van der Waals surface area contributed by atoms with Crippen molar-refractivity contribution < 1.29 is 22.4 Å². The molecule has 10 heteroatoms. The van der Waals surface area contributed by atoms with E-state index in [4.69, 9.17) is 10.7 Å². The van der Waals surface area contributed by atoms with Crippen LogP contribution in [0.4, 0.5) is 17.6 Å². The number of nitrogens with zero attached hydrogens (tertiary/aromatic N) is 2. The lowest BCUT2D eigenvalue weighted by Gasteiger charge is -2.37. The zero-order chi connectivity index (χ0) is 19.9. The Morgan fingerprint density at radius 3 is 2.56 bits per heavy atom. The van der Waals surface area contributed by atoms with Gasteiger partial charge in [0.2, 0.25) is 5.91 Å². The summed E-state index contributed by atoms with van der Waals surface area (Å²) in [5.74, 6) is -3.28. The van der Waals surface area contributed by atoms with Gasteiger partial charge < -0.3 is 5.32 Å². The third-order valence-corrected chi connectivity index (χ3v) is 5.33. The highest BCUT2D eigenvalue weighted by molar-refractivity contribution is 7.12. The Balaban J connectivity index is 2.08. The van der Waals surface area contributed by atoms with E-state index in [2.05, 4.69) is 5.32 Å². The summed E-state index contributed by atoms with van der Waals surface area (Å²) < 4.78 is 52.5. The van der Waals surface area contributed by atoms with E-state index >= 15 is 0 Å². The minimum Gasteiger partial charge on any atom is -0.347 e. The van der Waals surface area contributed by atoms with Crippen LogP contribution in [0.3, 0.4) is 0 Å². The third kappa shape index (κ3) is 3.38. The Bertz CT molecular complexity index is 963. The van der Waals surface area contributed by atoms with Crippen LogP contribution in [0, 0.1) is 22.6 Å². The maximum atomic E-state index is 14.0. The highest BCUT2D eigenvalue weighted by Crippen LogP contribution is 2.40. The van der Waals surface area contributed by atoms with Gasteiger partial charge in [0, 0.05) is 11.9 Å². The van der Waals surface area contributed by atoms with Gasteiger partial charge >= 0.3 is 6.18 Å². The van der Waals surface area contributed by atoms with E-state index in [1.165, 1.54) is 7.05 Å². The second kappa shape index (κ2) is 6.66. The molecule has 1 aliphatic rings. The van der Waals surface area contributed by atoms with E-state index in [0.29, 0.717) is 21.9 Å². The Morgan fingerprint density at radius 1 is 1.30 bits per heavy atom. The Labute approximate surface area is 155 Å². The van der Waals surface area contributed by atoms with E-state index in [1.54, 1.807) is 12.1 Å². The summed E-state index contributed by atoms with van der Waals surface area (Å²) in [6.45, 7) is 0. The standard InChI is InChI=1S/C17H12F4N4OS/c1-25-15(26)13(8-2-4-10(11(18)6-8)17(19,20)21)14(24-16(25)23)12-5-3-9(7-22)27-12/h2-6,13-14H,1H3,(H2,23,24)/t13-,14-/m1/s1. The molecule has 0 bridgehead atoms. The quantitative estimate of drug-likeness (QED) is 0.762. The number of nitrogens with one attached hydrogen (secondary N) is 2. The number of nitriles is 1. The molecule has 1 fully saturated rings. The first-order chi connectivity index (χ1) is 12.6. The number of halogens is 4. The number of rotatable bonds is 2. The van der Waals surface area contributed by atoms with Crippen molar-refractivity contribution >= 4 is 23.2 Å². The first kappa shape index (κ1) is 18.8. The fourth-order valence-corrected chi connectivity index (χ4v) is 3.79. The molecule has 0 aliphatic carbocycles. The zero-order valence-electron chi connectivity index (χ0n) is 13.8. The molecule has 140 valence electrons. The lowest BCUT2D eigenvalue weighted by atomic mass is 9.87. The van der Waals surface area contributed by atoms with Crippen LogP contribution in [0.5, 0.6) is 0 Å². The molecule has 5 nitrogen and oxygen atoms in total. The third-order valence-electron chi connectivity index (χ3n) is 4.26. The van der Waals surface area contributed by atoms with Gasteiger partial charge in [-0.2, -0.15) is 18.4 Å². The topological polar surface area (TPSA) is 80.0 Å². The van der Waals surface area contributed by atoms with Crippen molar-refractivity contribution in [1.82, 2.24) is 10.2 Å². The van der Waals surface area contributed by atoms with E-state index in [-0.39, 0.29) is 11.5 Å². The number of alkyl halides is 3. The van der Waals surface area contributed by atoms with Crippen LogP contribution in [0.25, 0.3) is 0 Å². The van der Waals surface area contributed by atoms with E-state index in [1.807, 2.05) is 6.07 Å². The van der Waals surface area contributed by atoms with Crippen LogP contribution >= 0.6 is 11.3 Å². The minimum atomic E-state index is -4.84. The normalized spacial score (nSPS) is 20.4. The number of hydrogen-bond donors (Lipinski definition) is 2. The van der Waals surface area contributed by atoms with Gasteiger partial charge in [-0.1, -0.05) is 6.07 Å². The molecule has 1 aromatic heterocycles. The van der Waals surface area contributed by atoms with Gasteiger partial charge in [-0.05, 0) is 29.8 Å². The number of hydrogen-bond acceptors (Lipinski definition) is 4. The van der Waals surface area contributed by atoms with Crippen molar-refractivity contribution in [2.75, 3.05) is 7.05 Å². The van der Waals surface area contributed by atoms with E-state index < -0.39 is 35.4 Å². The van der Waals surface area contributed by atoms with Crippen molar-refractivity contribution in [3.05, 3.63) is 57.0 Å². The molecule has 0 saturated carbocycles. The minimum absolute atomic E-state index is 0.0502. The van der Waals surface area contributed by atoms with Crippen molar-refractivity contribution in [2.45, 2.75) is 18.1 Å². The molecule has 1 aromatic carbocycles. The Kier molecular flexibility index (Phi) is 4.65. The SMILES string of the molecule is CN1C(=N)N[C@H](c2ccc(C#N)s2)[C@@H](c2ccc(C(F)(F)F)c(F)c2)C1=O. The summed E-state index contributed by atoms with van der Waals surface area (Å²) in [6, 6.07) is 6.66. The molecule has 2 heterocycles. The molecular formula is C17H12F4N4OS. The smallest absolute Gasteiger partial charge is 0.347 e. The highest BCUT2D eigenvalue weighted by atomic mass is 32.1. The molecule has 1 saturated heterocycles. The van der Waals surface area contributed by atoms with Gasteiger partial charge in [-0.25, -0.2) is 4.39 Å². The number of likely N-dealkylation sites (N-methyl/N-ethyl adjacent to an activating group) is 1. The zero-order valence-corrected chi connectivity index (χ0v) is 14.6. The molecule has 2 atom stereocenters. The van der Waals surface area contributed by atoms with E-state index in [9.17, 15) is 22.4 Å². The Morgan fingerprint density at radius 2 is 2.00 bits per heavy atom. The summed E-state index contributed by atoms with van der Waals surface area (Å²) in [5, 5.41) is 19.7. The predicted octanol–water partition coefficient (Wildman–Crippen LogP) is 3.60. The first-order valence-electron chi connectivity index (χ1n) is 7.62. The summed E-state index contributed by atoms with van der Waals surface area (Å²) in [4.78, 5) is 14.7. The van der Waals surface area contributed by atoms with Crippen LogP contribution in [0.2, 0.25) is 0 Å². The number of carbonyl (C=O) groups is 1. The average molecular weight is 396 g/mol. The second-order valence-corrected chi connectivity index (χ2v) is 7.01. The lowest BCUT2D eigenvalue weighted by Crippen LogP contribution is -2.53. The fraction of sp³-hybridized carbons (Fsp3) is 0.235. The van der Waals surface area contributed by atoms with Gasteiger partial charge in [0.05, 0.1) is 17.5 Å². The highest BCUT2D eigenvalue weighted by Gasteiger charge is 2.41. The van der Waals surface area contributed by atoms with Crippen molar-refractivity contribution in [3.63, 3.8) is 0 Å². The van der Waals surface area contributed by atoms with Crippen LogP contribution in [0.1, 0.15) is 32.8 Å². The molecule has 2 N–H and O–H groups in total. The summed E-state index contributed by atoms with van der Waals surface area (Å²) in [5.41, 5.74) is -1.36. The maximum absolute atomic E-state index is 14.0. The number of thiophene rings is 1. The largest absolute Gasteiger partial charge is 0.419 e. The molecule has 0 radical (unpaired) electrons. The average Bonchev–Trinajstić information content (AvgIpc) is 3.07. The number of carbonyl (C=O) groups excluding carboxylic acids is 1. The molecular weight excluding hydrogens is 384 g/mol. The second-order valence-electron chi connectivity index (χ2n) is 5.90. The van der Waals surface area contributed by atoms with Gasteiger partial charge in [0.1, 0.15) is 16.8 Å². The van der Waals surface area contributed by atoms with Crippen molar-refractivity contribution in [3.8, 4) is 6.07 Å². The summed E-state index contributed by atoms with van der Waals surface area (Å²) >= 11 is 1.09. The van der Waals surface area contributed by atoms with Crippen LogP contribution in [0.15, 0.2) is 30.3 Å². The molecule has 0 unspecified atom stereocenters. The van der Waals surface area contributed by atoms with Crippen molar-refractivity contribution in [1.29, 1.82) is 10.7 Å². The number of amides is 1. The predicted molar refractivity (Wildman–Crippen MR) is 89.6 cm³/mol. The number of benzene rings is 1. The maximum Gasteiger partial charge on any atom is 0.419 e. The van der Waals surface area contributed by atoms with Crippen LogP contribution in [-0.4, -0.2) is 23.8 Å². The van der Waals surface area contributed by atoms with Crippen LogP contribution in [-0.2, 0) is 11.0 Å². The Hall–Kier alpha value is -2.93. The molecule has 1 amide bonds. The molecule has 0 spiro atoms. The van der Waals surface area contributed by atoms with Gasteiger partial charge in [0.15, 0.2) is 5.96 Å². The molecule has 1 aliphatic heterocycles.